The van der Waals surface area contributed by atoms with Crippen LogP contribution in [0.4, 0.5) is 8.78 Å². The molecule has 1 heterocycles. The number of nitrogens with zero attached hydrogens (tertiary/aromatic N) is 1. The van der Waals surface area contributed by atoms with Crippen molar-refractivity contribution < 1.29 is 22.3 Å². The Hall–Kier alpha value is -1.05. The summed E-state index contributed by atoms with van der Waals surface area (Å²) in [5, 5.41) is 9.05. The van der Waals surface area contributed by atoms with E-state index in [1.54, 1.807) is 6.92 Å². The number of benzene rings is 1. The Labute approximate surface area is 123 Å². The molecule has 0 amide bonds. The van der Waals surface area contributed by atoms with Gasteiger partial charge in [-0.1, -0.05) is 6.92 Å². The molecule has 1 fully saturated rings. The van der Waals surface area contributed by atoms with Gasteiger partial charge >= 0.3 is 0 Å². The van der Waals surface area contributed by atoms with Crippen LogP contribution in [0.3, 0.4) is 0 Å². The van der Waals surface area contributed by atoms with Crippen molar-refractivity contribution in [3.05, 3.63) is 29.3 Å². The molecule has 0 saturated carbocycles. The van der Waals surface area contributed by atoms with Crippen molar-refractivity contribution >= 4 is 10.0 Å². The number of sulfonamides is 1. The first-order valence-corrected chi connectivity index (χ1v) is 8.33. The molecular weight excluding hydrogens is 300 g/mol. The molecule has 0 radical (unpaired) electrons. The van der Waals surface area contributed by atoms with Crippen LogP contribution in [0, 0.1) is 17.6 Å². The van der Waals surface area contributed by atoms with E-state index >= 15 is 0 Å². The molecule has 0 bridgehead atoms. The fraction of sp³-hybridized carbons (Fsp3) is 0.571. The minimum absolute atomic E-state index is 0.0326. The third-order valence-corrected chi connectivity index (χ3v) is 6.13. The van der Waals surface area contributed by atoms with Crippen molar-refractivity contribution in [3.63, 3.8) is 0 Å². The van der Waals surface area contributed by atoms with E-state index in [9.17, 15) is 17.2 Å². The molecule has 1 N–H and O–H groups in total. The number of aliphatic hydroxyl groups is 1. The lowest BCUT2D eigenvalue weighted by molar-refractivity contribution is 0.201. The van der Waals surface area contributed by atoms with Crippen LogP contribution in [-0.2, 0) is 16.6 Å². The molecule has 2 rings (SSSR count). The standard InChI is InChI=1S/C14H19F2NO3S/c1-9-4-3-5-17(10(9)2)21(19,20)13-7-11(8-18)6-12(15)14(13)16/h6-7,9-10,18H,3-5,8H2,1-2H3. The van der Waals surface area contributed by atoms with Gasteiger partial charge in [0, 0.05) is 12.6 Å². The number of hydrogen-bond acceptors (Lipinski definition) is 3. The first kappa shape index (κ1) is 16.3. The Balaban J connectivity index is 2.51. The largest absolute Gasteiger partial charge is 0.392 e. The summed E-state index contributed by atoms with van der Waals surface area (Å²) in [7, 11) is -4.12. The van der Waals surface area contributed by atoms with Gasteiger partial charge in [0.25, 0.3) is 0 Å². The normalized spacial score (nSPS) is 24.2. The van der Waals surface area contributed by atoms with Gasteiger partial charge < -0.3 is 5.11 Å². The van der Waals surface area contributed by atoms with Crippen LogP contribution in [0.1, 0.15) is 32.3 Å². The molecule has 0 spiro atoms. The molecule has 0 aromatic heterocycles. The van der Waals surface area contributed by atoms with E-state index in [1.807, 2.05) is 6.92 Å². The van der Waals surface area contributed by atoms with Crippen LogP contribution >= 0.6 is 0 Å². The zero-order valence-corrected chi connectivity index (χ0v) is 12.8. The van der Waals surface area contributed by atoms with Gasteiger partial charge in [0.05, 0.1) is 6.61 Å². The molecule has 21 heavy (non-hydrogen) atoms. The average molecular weight is 319 g/mol. The lowest BCUT2D eigenvalue weighted by atomic mass is 9.94. The Morgan fingerprint density at radius 2 is 2.00 bits per heavy atom. The van der Waals surface area contributed by atoms with Crippen molar-refractivity contribution in [1.82, 2.24) is 4.31 Å². The quantitative estimate of drug-likeness (QED) is 0.930. The second kappa shape index (κ2) is 5.98. The molecule has 0 aliphatic carbocycles. The molecule has 1 aliphatic rings. The summed E-state index contributed by atoms with van der Waals surface area (Å²) < 4.78 is 53.9. The van der Waals surface area contributed by atoms with Crippen LogP contribution in [-0.4, -0.2) is 30.4 Å². The third kappa shape index (κ3) is 2.95. The van der Waals surface area contributed by atoms with Crippen LogP contribution in [0.5, 0.6) is 0 Å². The van der Waals surface area contributed by atoms with E-state index in [1.165, 1.54) is 4.31 Å². The Morgan fingerprint density at radius 1 is 1.33 bits per heavy atom. The monoisotopic (exact) mass is 319 g/mol. The Morgan fingerprint density at radius 3 is 2.62 bits per heavy atom. The van der Waals surface area contributed by atoms with E-state index < -0.39 is 33.2 Å². The number of piperidine rings is 1. The van der Waals surface area contributed by atoms with Gasteiger partial charge in [-0.05, 0) is 43.4 Å². The Bertz CT molecular complexity index is 633. The average Bonchev–Trinajstić information content (AvgIpc) is 2.44. The van der Waals surface area contributed by atoms with Gasteiger partial charge in [-0.15, -0.1) is 0 Å². The zero-order valence-electron chi connectivity index (χ0n) is 12.0. The molecule has 1 aromatic rings. The second-order valence-electron chi connectivity index (χ2n) is 5.52. The highest BCUT2D eigenvalue weighted by molar-refractivity contribution is 7.89. The minimum atomic E-state index is -4.12. The van der Waals surface area contributed by atoms with E-state index in [4.69, 9.17) is 5.11 Å². The van der Waals surface area contributed by atoms with Gasteiger partial charge in [0.15, 0.2) is 11.6 Å². The van der Waals surface area contributed by atoms with Crippen molar-refractivity contribution in [2.75, 3.05) is 6.54 Å². The van der Waals surface area contributed by atoms with Crippen molar-refractivity contribution in [2.24, 2.45) is 5.92 Å². The fourth-order valence-corrected chi connectivity index (χ4v) is 4.55. The fourth-order valence-electron chi connectivity index (χ4n) is 2.66. The number of aliphatic hydroxyl groups excluding tert-OH is 1. The second-order valence-corrected chi connectivity index (χ2v) is 7.38. The van der Waals surface area contributed by atoms with Crippen LogP contribution in [0.25, 0.3) is 0 Å². The lowest BCUT2D eigenvalue weighted by Gasteiger charge is -2.36. The summed E-state index contributed by atoms with van der Waals surface area (Å²) in [4.78, 5) is -0.701. The molecule has 1 aliphatic heterocycles. The predicted octanol–water partition coefficient (Wildman–Crippen LogP) is 2.27. The van der Waals surface area contributed by atoms with Crippen LogP contribution in [0.2, 0.25) is 0 Å². The zero-order chi connectivity index (χ0) is 15.8. The maximum absolute atomic E-state index is 13.9. The summed E-state index contributed by atoms with van der Waals surface area (Å²) >= 11 is 0. The molecular formula is C14H19F2NO3S. The molecule has 1 aromatic carbocycles. The molecule has 2 unspecified atom stereocenters. The molecule has 118 valence electrons. The van der Waals surface area contributed by atoms with Gasteiger partial charge in [0.1, 0.15) is 4.90 Å². The maximum atomic E-state index is 13.9. The summed E-state index contributed by atoms with van der Waals surface area (Å²) in [5.41, 5.74) is 0.0326. The van der Waals surface area contributed by atoms with Crippen LogP contribution in [0.15, 0.2) is 17.0 Å². The van der Waals surface area contributed by atoms with Crippen LogP contribution < -0.4 is 0 Å². The summed E-state index contributed by atoms with van der Waals surface area (Å²) in [6.45, 7) is 3.45. The van der Waals surface area contributed by atoms with E-state index in [-0.39, 0.29) is 24.1 Å². The first-order chi connectivity index (χ1) is 9.78. The lowest BCUT2D eigenvalue weighted by Crippen LogP contribution is -2.46. The highest BCUT2D eigenvalue weighted by atomic mass is 32.2. The van der Waals surface area contributed by atoms with Gasteiger partial charge in [0.2, 0.25) is 10.0 Å². The maximum Gasteiger partial charge on any atom is 0.246 e. The number of hydrogen-bond donors (Lipinski definition) is 1. The number of rotatable bonds is 3. The van der Waals surface area contributed by atoms with Gasteiger partial charge in [-0.25, -0.2) is 17.2 Å². The SMILES string of the molecule is CC1CCCN(S(=O)(=O)c2cc(CO)cc(F)c2F)C1C. The van der Waals surface area contributed by atoms with E-state index in [2.05, 4.69) is 0 Å². The van der Waals surface area contributed by atoms with Gasteiger partial charge in [-0.3, -0.25) is 0 Å². The smallest absolute Gasteiger partial charge is 0.246 e. The molecule has 7 heteroatoms. The van der Waals surface area contributed by atoms with Crippen molar-refractivity contribution in [1.29, 1.82) is 0 Å². The van der Waals surface area contributed by atoms with E-state index in [0.717, 1.165) is 18.6 Å². The van der Waals surface area contributed by atoms with Gasteiger partial charge in [-0.2, -0.15) is 4.31 Å². The number of halogens is 2. The van der Waals surface area contributed by atoms with E-state index in [0.29, 0.717) is 6.42 Å². The summed E-state index contributed by atoms with van der Waals surface area (Å²) in [6.07, 6.45) is 1.59. The van der Waals surface area contributed by atoms with Crippen molar-refractivity contribution in [2.45, 2.75) is 44.2 Å². The first-order valence-electron chi connectivity index (χ1n) is 6.89. The van der Waals surface area contributed by atoms with Crippen molar-refractivity contribution in [3.8, 4) is 0 Å². The highest BCUT2D eigenvalue weighted by Crippen LogP contribution is 2.31. The summed E-state index contributed by atoms with van der Waals surface area (Å²) in [5.74, 6) is -2.50. The molecule has 4 nitrogen and oxygen atoms in total. The predicted molar refractivity (Wildman–Crippen MR) is 74.0 cm³/mol. The third-order valence-electron chi connectivity index (χ3n) is 4.14. The topological polar surface area (TPSA) is 57.6 Å². The highest BCUT2D eigenvalue weighted by Gasteiger charge is 2.36. The summed E-state index contributed by atoms with van der Waals surface area (Å²) in [6, 6.07) is 1.53. The molecule has 2 atom stereocenters. The Kier molecular flexibility index (Phi) is 4.65. The minimum Gasteiger partial charge on any atom is -0.392 e. The molecule has 1 saturated heterocycles.